The predicted octanol–water partition coefficient (Wildman–Crippen LogP) is 3.79. The summed E-state index contributed by atoms with van der Waals surface area (Å²) in [6.07, 6.45) is 3.02. The molecule has 1 N–H and O–H groups in total. The lowest BCUT2D eigenvalue weighted by Gasteiger charge is -2.06. The number of oxazole rings is 1. The van der Waals surface area contributed by atoms with Crippen molar-refractivity contribution in [3.8, 4) is 17.0 Å². The highest BCUT2D eigenvalue weighted by molar-refractivity contribution is 6.03. The molecule has 0 radical (unpaired) electrons. The molecule has 2 aromatic carbocycles. The molecule has 4 rings (SSSR count). The first-order valence-electron chi connectivity index (χ1n) is 8.41. The molecule has 4 aromatic rings. The van der Waals surface area contributed by atoms with Crippen LogP contribution in [0.5, 0.6) is 0 Å². The third kappa shape index (κ3) is 3.35. The number of hydrogen-bond donors (Lipinski definition) is 1. The van der Waals surface area contributed by atoms with Crippen LogP contribution in [0.4, 0.5) is 5.69 Å². The Morgan fingerprint density at radius 2 is 1.78 bits per heavy atom. The lowest BCUT2D eigenvalue weighted by Crippen LogP contribution is -2.14. The Morgan fingerprint density at radius 1 is 1.04 bits per heavy atom. The van der Waals surface area contributed by atoms with Crippen LogP contribution in [0.2, 0.25) is 0 Å². The Labute approximate surface area is 155 Å². The molecule has 0 saturated heterocycles. The summed E-state index contributed by atoms with van der Waals surface area (Å²) in [6, 6.07) is 15.2. The number of nitrogens with zero attached hydrogens (tertiary/aromatic N) is 4. The fourth-order valence-electron chi connectivity index (χ4n) is 2.74. The van der Waals surface area contributed by atoms with Crippen molar-refractivity contribution < 1.29 is 9.21 Å². The topological polar surface area (TPSA) is 85.8 Å². The van der Waals surface area contributed by atoms with Crippen molar-refractivity contribution in [2.75, 3.05) is 5.32 Å². The van der Waals surface area contributed by atoms with Crippen molar-refractivity contribution in [1.82, 2.24) is 20.0 Å². The Morgan fingerprint density at radius 3 is 2.44 bits per heavy atom. The smallest absolute Gasteiger partial charge is 0.278 e. The summed E-state index contributed by atoms with van der Waals surface area (Å²) in [5.74, 6) is 0.364. The summed E-state index contributed by atoms with van der Waals surface area (Å²) in [5.41, 5.74) is 4.52. The summed E-state index contributed by atoms with van der Waals surface area (Å²) in [6.45, 7) is 3.84. The van der Waals surface area contributed by atoms with E-state index in [4.69, 9.17) is 4.42 Å². The van der Waals surface area contributed by atoms with Gasteiger partial charge in [0, 0.05) is 11.3 Å². The molecule has 134 valence electrons. The summed E-state index contributed by atoms with van der Waals surface area (Å²) in [5, 5.41) is 11.0. The van der Waals surface area contributed by atoms with Crippen LogP contribution in [0.25, 0.3) is 17.0 Å². The minimum absolute atomic E-state index is 0.287. The van der Waals surface area contributed by atoms with E-state index in [9.17, 15) is 4.79 Å². The van der Waals surface area contributed by atoms with Gasteiger partial charge in [-0.25, -0.2) is 9.67 Å². The van der Waals surface area contributed by atoms with Crippen molar-refractivity contribution in [3.05, 3.63) is 78.1 Å². The number of anilines is 1. The summed E-state index contributed by atoms with van der Waals surface area (Å²) < 4.78 is 6.91. The van der Waals surface area contributed by atoms with E-state index in [0.29, 0.717) is 17.1 Å². The van der Waals surface area contributed by atoms with Crippen LogP contribution in [-0.2, 0) is 0 Å². The normalized spacial score (nSPS) is 10.7. The molecule has 0 spiro atoms. The van der Waals surface area contributed by atoms with Gasteiger partial charge in [-0.15, -0.1) is 5.10 Å². The molecular weight excluding hydrogens is 342 g/mol. The standard InChI is InChI=1S/C20H17N5O2/c1-13-3-9-17(10-4-13)25-14(2)19(23-24-25)20(26)22-16-7-5-15(6-8-16)18-11-21-12-27-18/h3-12H,1-2H3,(H,22,26). The molecule has 0 bridgehead atoms. The Hall–Kier alpha value is -3.74. The molecule has 0 unspecified atom stereocenters. The van der Waals surface area contributed by atoms with Crippen LogP contribution >= 0.6 is 0 Å². The Kier molecular flexibility index (Phi) is 4.25. The summed E-state index contributed by atoms with van der Waals surface area (Å²) in [4.78, 5) is 16.5. The van der Waals surface area contributed by atoms with Gasteiger partial charge >= 0.3 is 0 Å². The van der Waals surface area contributed by atoms with Gasteiger partial charge in [0.05, 0.1) is 17.6 Å². The first-order valence-corrected chi connectivity index (χ1v) is 8.41. The van der Waals surface area contributed by atoms with Crippen molar-refractivity contribution in [2.45, 2.75) is 13.8 Å². The molecule has 27 heavy (non-hydrogen) atoms. The highest BCUT2D eigenvalue weighted by Gasteiger charge is 2.17. The fourth-order valence-corrected chi connectivity index (χ4v) is 2.74. The van der Waals surface area contributed by atoms with Gasteiger partial charge < -0.3 is 9.73 Å². The molecule has 0 aliphatic rings. The second-order valence-electron chi connectivity index (χ2n) is 6.17. The van der Waals surface area contributed by atoms with Crippen LogP contribution in [-0.4, -0.2) is 25.9 Å². The zero-order chi connectivity index (χ0) is 18.8. The Balaban J connectivity index is 1.52. The lowest BCUT2D eigenvalue weighted by molar-refractivity contribution is 0.102. The number of carbonyl (C=O) groups is 1. The number of rotatable bonds is 4. The number of amides is 1. The Bertz CT molecular complexity index is 1060. The fraction of sp³-hybridized carbons (Fsp3) is 0.100. The van der Waals surface area contributed by atoms with Gasteiger partial charge in [0.1, 0.15) is 0 Å². The molecular formula is C20H17N5O2. The average Bonchev–Trinajstić information content (AvgIpc) is 3.33. The van der Waals surface area contributed by atoms with Crippen molar-refractivity contribution >= 4 is 11.6 Å². The van der Waals surface area contributed by atoms with Gasteiger partial charge in [-0.1, -0.05) is 22.9 Å². The third-order valence-electron chi connectivity index (χ3n) is 4.25. The van der Waals surface area contributed by atoms with E-state index in [1.165, 1.54) is 6.39 Å². The van der Waals surface area contributed by atoms with Crippen LogP contribution in [0.1, 0.15) is 21.7 Å². The first kappa shape index (κ1) is 16.7. The van der Waals surface area contributed by atoms with E-state index in [0.717, 1.165) is 16.8 Å². The van der Waals surface area contributed by atoms with E-state index in [1.54, 1.807) is 23.0 Å². The lowest BCUT2D eigenvalue weighted by atomic mass is 10.1. The highest BCUT2D eigenvalue weighted by atomic mass is 16.3. The number of benzene rings is 2. The largest absolute Gasteiger partial charge is 0.444 e. The van der Waals surface area contributed by atoms with Crippen LogP contribution in [0.15, 0.2) is 65.5 Å². The predicted molar refractivity (Wildman–Crippen MR) is 101 cm³/mol. The van der Waals surface area contributed by atoms with Gasteiger partial charge in [0.15, 0.2) is 17.8 Å². The zero-order valence-corrected chi connectivity index (χ0v) is 14.9. The minimum atomic E-state index is -0.307. The van der Waals surface area contributed by atoms with Crippen LogP contribution in [0.3, 0.4) is 0 Å². The molecule has 0 fully saturated rings. The maximum atomic E-state index is 12.6. The van der Waals surface area contributed by atoms with E-state index in [2.05, 4.69) is 20.6 Å². The second-order valence-corrected chi connectivity index (χ2v) is 6.17. The highest BCUT2D eigenvalue weighted by Crippen LogP contribution is 2.21. The summed E-state index contributed by atoms with van der Waals surface area (Å²) >= 11 is 0. The maximum absolute atomic E-state index is 12.6. The molecule has 7 nitrogen and oxygen atoms in total. The van der Waals surface area contributed by atoms with Crippen molar-refractivity contribution in [1.29, 1.82) is 0 Å². The van der Waals surface area contributed by atoms with Gasteiger partial charge in [0.2, 0.25) is 0 Å². The van der Waals surface area contributed by atoms with E-state index in [1.807, 2.05) is 50.2 Å². The first-order chi connectivity index (χ1) is 13.1. The quantitative estimate of drug-likeness (QED) is 0.599. The minimum Gasteiger partial charge on any atom is -0.444 e. The van der Waals surface area contributed by atoms with Gasteiger partial charge in [-0.2, -0.15) is 0 Å². The molecule has 0 aliphatic carbocycles. The number of aryl methyl sites for hydroxylation is 1. The van der Waals surface area contributed by atoms with E-state index < -0.39 is 0 Å². The second kappa shape index (κ2) is 6.87. The van der Waals surface area contributed by atoms with Crippen LogP contribution < -0.4 is 5.32 Å². The molecule has 0 saturated carbocycles. The molecule has 2 aromatic heterocycles. The average molecular weight is 359 g/mol. The summed E-state index contributed by atoms with van der Waals surface area (Å²) in [7, 11) is 0. The molecule has 0 aliphatic heterocycles. The maximum Gasteiger partial charge on any atom is 0.278 e. The molecule has 0 atom stereocenters. The SMILES string of the molecule is Cc1ccc(-n2nnc(C(=O)Nc3ccc(-c4cnco4)cc3)c2C)cc1. The number of hydrogen-bond acceptors (Lipinski definition) is 5. The van der Waals surface area contributed by atoms with Gasteiger partial charge in [0.25, 0.3) is 5.91 Å². The van der Waals surface area contributed by atoms with E-state index >= 15 is 0 Å². The van der Waals surface area contributed by atoms with Crippen molar-refractivity contribution in [2.24, 2.45) is 0 Å². The van der Waals surface area contributed by atoms with Gasteiger partial charge in [-0.05, 0) is 50.2 Å². The molecule has 7 heteroatoms. The number of carbonyl (C=O) groups excluding carboxylic acids is 1. The van der Waals surface area contributed by atoms with Gasteiger partial charge in [-0.3, -0.25) is 4.79 Å². The molecule has 2 heterocycles. The monoisotopic (exact) mass is 359 g/mol. The number of aromatic nitrogens is 4. The third-order valence-corrected chi connectivity index (χ3v) is 4.25. The molecule has 1 amide bonds. The zero-order valence-electron chi connectivity index (χ0n) is 14.9. The number of nitrogens with one attached hydrogen (secondary N) is 1. The van der Waals surface area contributed by atoms with Crippen LogP contribution in [0, 0.1) is 13.8 Å². The van der Waals surface area contributed by atoms with Crippen molar-refractivity contribution in [3.63, 3.8) is 0 Å². The van der Waals surface area contributed by atoms with E-state index in [-0.39, 0.29) is 11.6 Å².